The monoisotopic (exact) mass is 382 g/mol. The number of fused-ring (bicyclic) bond motifs is 1. The van der Waals surface area contributed by atoms with E-state index in [2.05, 4.69) is 45.9 Å². The molecular weight excluding hydrogens is 352 g/mol. The second kappa shape index (κ2) is 8.09. The zero-order valence-electron chi connectivity index (χ0n) is 17.1. The Morgan fingerprint density at radius 1 is 1.14 bits per heavy atom. The first-order chi connectivity index (χ1) is 13.5. The van der Waals surface area contributed by atoms with E-state index >= 15 is 0 Å². The minimum Gasteiger partial charge on any atom is -0.378 e. The Kier molecular flexibility index (Phi) is 5.55. The number of hydrogen-bond donors (Lipinski definition) is 1. The SMILES string of the molecule is CCc1ncc(CNC2CC(C)(C)Cc3nc(N4CCOCC4)ncc32)cn1. The van der Waals surface area contributed by atoms with Gasteiger partial charge in [0.25, 0.3) is 0 Å². The topological polar surface area (TPSA) is 76.1 Å². The van der Waals surface area contributed by atoms with Crippen molar-refractivity contribution in [2.24, 2.45) is 5.41 Å². The van der Waals surface area contributed by atoms with Gasteiger partial charge in [0.05, 0.1) is 18.9 Å². The van der Waals surface area contributed by atoms with Crippen molar-refractivity contribution in [3.05, 3.63) is 41.2 Å². The summed E-state index contributed by atoms with van der Waals surface area (Å²) >= 11 is 0. The molecule has 1 aliphatic carbocycles. The van der Waals surface area contributed by atoms with E-state index in [0.717, 1.165) is 69.4 Å². The summed E-state index contributed by atoms with van der Waals surface area (Å²) in [7, 11) is 0. The molecule has 0 radical (unpaired) electrons. The molecule has 0 spiro atoms. The van der Waals surface area contributed by atoms with E-state index in [4.69, 9.17) is 9.72 Å². The third-order valence-corrected chi connectivity index (χ3v) is 5.59. The second-order valence-corrected chi connectivity index (χ2v) is 8.51. The van der Waals surface area contributed by atoms with Crippen LogP contribution in [0.5, 0.6) is 0 Å². The van der Waals surface area contributed by atoms with Crippen LogP contribution in [-0.4, -0.2) is 46.2 Å². The highest BCUT2D eigenvalue weighted by Gasteiger charge is 2.34. The molecule has 2 aromatic heterocycles. The lowest BCUT2D eigenvalue weighted by molar-refractivity contribution is 0.122. The van der Waals surface area contributed by atoms with Gasteiger partial charge in [-0.25, -0.2) is 19.9 Å². The number of hydrogen-bond acceptors (Lipinski definition) is 7. The van der Waals surface area contributed by atoms with Gasteiger partial charge >= 0.3 is 0 Å². The van der Waals surface area contributed by atoms with Crippen LogP contribution >= 0.6 is 0 Å². The van der Waals surface area contributed by atoms with Crippen LogP contribution in [0, 0.1) is 5.41 Å². The van der Waals surface area contributed by atoms with Crippen LogP contribution in [0.4, 0.5) is 5.95 Å². The maximum Gasteiger partial charge on any atom is 0.225 e. The maximum absolute atomic E-state index is 5.46. The molecule has 1 N–H and O–H groups in total. The molecule has 1 unspecified atom stereocenters. The molecule has 150 valence electrons. The van der Waals surface area contributed by atoms with Gasteiger partial charge in [-0.05, 0) is 18.3 Å². The minimum absolute atomic E-state index is 0.198. The zero-order valence-corrected chi connectivity index (χ0v) is 17.1. The summed E-state index contributed by atoms with van der Waals surface area (Å²) in [6, 6.07) is 0.239. The smallest absolute Gasteiger partial charge is 0.225 e. The Morgan fingerprint density at radius 2 is 1.89 bits per heavy atom. The van der Waals surface area contributed by atoms with Crippen molar-refractivity contribution in [1.82, 2.24) is 25.3 Å². The number of aromatic nitrogens is 4. The number of aryl methyl sites for hydroxylation is 1. The van der Waals surface area contributed by atoms with Crippen LogP contribution in [0.3, 0.4) is 0 Å². The van der Waals surface area contributed by atoms with E-state index in [1.54, 1.807) is 0 Å². The van der Waals surface area contributed by atoms with E-state index in [0.29, 0.717) is 0 Å². The summed E-state index contributed by atoms with van der Waals surface area (Å²) in [4.78, 5) is 20.7. The maximum atomic E-state index is 5.46. The first kappa shape index (κ1) is 19.2. The van der Waals surface area contributed by atoms with Gasteiger partial charge in [0.15, 0.2) is 0 Å². The summed E-state index contributed by atoms with van der Waals surface area (Å²) in [6.07, 6.45) is 8.78. The quantitative estimate of drug-likeness (QED) is 0.851. The Labute approximate surface area is 167 Å². The van der Waals surface area contributed by atoms with Gasteiger partial charge in [-0.15, -0.1) is 0 Å². The van der Waals surface area contributed by atoms with Gasteiger partial charge in [0, 0.05) is 61.8 Å². The summed E-state index contributed by atoms with van der Waals surface area (Å²) in [5, 5.41) is 3.69. The first-order valence-electron chi connectivity index (χ1n) is 10.3. The highest BCUT2D eigenvalue weighted by Crippen LogP contribution is 2.40. The molecule has 28 heavy (non-hydrogen) atoms. The van der Waals surface area contributed by atoms with Crippen LogP contribution in [0.2, 0.25) is 0 Å². The van der Waals surface area contributed by atoms with E-state index < -0.39 is 0 Å². The van der Waals surface area contributed by atoms with Gasteiger partial charge in [0.2, 0.25) is 5.95 Å². The van der Waals surface area contributed by atoms with Gasteiger partial charge in [-0.1, -0.05) is 20.8 Å². The van der Waals surface area contributed by atoms with Crippen molar-refractivity contribution in [2.75, 3.05) is 31.2 Å². The van der Waals surface area contributed by atoms with E-state index in [1.807, 2.05) is 18.6 Å². The lowest BCUT2D eigenvalue weighted by atomic mass is 9.74. The number of anilines is 1. The van der Waals surface area contributed by atoms with E-state index in [9.17, 15) is 0 Å². The van der Waals surface area contributed by atoms with Crippen molar-refractivity contribution in [3.8, 4) is 0 Å². The summed E-state index contributed by atoms with van der Waals surface area (Å²) in [6.45, 7) is 10.7. The van der Waals surface area contributed by atoms with Crippen LogP contribution in [-0.2, 0) is 24.1 Å². The fourth-order valence-corrected chi connectivity index (χ4v) is 4.03. The van der Waals surface area contributed by atoms with E-state index in [1.165, 1.54) is 11.3 Å². The third kappa shape index (κ3) is 4.31. The molecule has 2 aromatic rings. The van der Waals surface area contributed by atoms with Crippen LogP contribution in [0.25, 0.3) is 0 Å². The van der Waals surface area contributed by atoms with Crippen LogP contribution < -0.4 is 10.2 Å². The molecule has 2 aliphatic rings. The minimum atomic E-state index is 0.198. The lowest BCUT2D eigenvalue weighted by Gasteiger charge is -2.37. The third-order valence-electron chi connectivity index (χ3n) is 5.59. The Morgan fingerprint density at radius 3 is 2.61 bits per heavy atom. The van der Waals surface area contributed by atoms with Gasteiger partial charge < -0.3 is 15.0 Å². The molecule has 0 aromatic carbocycles. The summed E-state index contributed by atoms with van der Waals surface area (Å²) in [5.41, 5.74) is 3.70. The molecule has 1 aliphatic heterocycles. The molecule has 4 rings (SSSR count). The Bertz CT molecular complexity index is 801. The molecule has 1 atom stereocenters. The van der Waals surface area contributed by atoms with Crippen molar-refractivity contribution in [1.29, 1.82) is 0 Å². The number of nitrogens with zero attached hydrogens (tertiary/aromatic N) is 5. The fourth-order valence-electron chi connectivity index (χ4n) is 4.03. The summed E-state index contributed by atoms with van der Waals surface area (Å²) < 4.78 is 5.46. The largest absolute Gasteiger partial charge is 0.378 e. The van der Waals surface area contributed by atoms with Crippen LogP contribution in [0.1, 0.15) is 55.9 Å². The average molecular weight is 383 g/mol. The fraction of sp³-hybridized carbons (Fsp3) is 0.619. The average Bonchev–Trinajstić information content (AvgIpc) is 2.72. The van der Waals surface area contributed by atoms with Gasteiger partial charge in [-0.2, -0.15) is 0 Å². The highest BCUT2D eigenvalue weighted by molar-refractivity contribution is 5.36. The number of morpholine rings is 1. The van der Waals surface area contributed by atoms with E-state index in [-0.39, 0.29) is 11.5 Å². The molecule has 0 amide bonds. The molecule has 7 nitrogen and oxygen atoms in total. The molecule has 1 fully saturated rings. The second-order valence-electron chi connectivity index (χ2n) is 8.51. The lowest BCUT2D eigenvalue weighted by Crippen LogP contribution is -2.39. The normalized spacial score (nSPS) is 21.4. The zero-order chi connectivity index (χ0) is 19.6. The van der Waals surface area contributed by atoms with Crippen LogP contribution in [0.15, 0.2) is 18.6 Å². The molecule has 0 saturated carbocycles. The van der Waals surface area contributed by atoms with Crippen molar-refractivity contribution >= 4 is 5.95 Å². The predicted octanol–water partition coefficient (Wildman–Crippen LogP) is 2.47. The standard InChI is InChI=1S/C21H30N6O/c1-4-19-23-12-15(13-24-19)11-22-17-9-21(2,3)10-18-16(17)14-25-20(26-18)27-5-7-28-8-6-27/h12-14,17,22H,4-11H2,1-3H3. The Hall–Kier alpha value is -2.12. The predicted molar refractivity (Wildman–Crippen MR) is 108 cm³/mol. The molecular formula is C21H30N6O. The van der Waals surface area contributed by atoms with Gasteiger partial charge in [0.1, 0.15) is 5.82 Å². The number of rotatable bonds is 5. The van der Waals surface area contributed by atoms with Crippen molar-refractivity contribution in [3.63, 3.8) is 0 Å². The van der Waals surface area contributed by atoms with Gasteiger partial charge in [-0.3, -0.25) is 0 Å². The molecule has 1 saturated heterocycles. The first-order valence-corrected chi connectivity index (χ1v) is 10.3. The Balaban J connectivity index is 1.52. The van der Waals surface area contributed by atoms with Crippen molar-refractivity contribution in [2.45, 2.75) is 52.6 Å². The molecule has 3 heterocycles. The highest BCUT2D eigenvalue weighted by atomic mass is 16.5. The number of ether oxygens (including phenoxy) is 1. The number of nitrogens with one attached hydrogen (secondary N) is 1. The summed E-state index contributed by atoms with van der Waals surface area (Å²) in [5.74, 6) is 1.72. The van der Waals surface area contributed by atoms with Crippen molar-refractivity contribution < 1.29 is 4.74 Å². The molecule has 7 heteroatoms. The molecule has 0 bridgehead atoms.